The lowest BCUT2D eigenvalue weighted by Gasteiger charge is -2.21. The molecule has 0 saturated carbocycles. The van der Waals surface area contributed by atoms with Crippen LogP contribution in [0.4, 0.5) is 0 Å². The number of hydrogen-bond donors (Lipinski definition) is 1. The van der Waals surface area contributed by atoms with Gasteiger partial charge in [0.25, 0.3) is 0 Å². The molecule has 3 rings (SSSR count). The molecule has 6 nitrogen and oxygen atoms in total. The van der Waals surface area contributed by atoms with Crippen molar-refractivity contribution >= 4 is 5.91 Å². The molecule has 2 aromatic heterocycles. The Morgan fingerprint density at radius 2 is 2.26 bits per heavy atom. The van der Waals surface area contributed by atoms with E-state index in [9.17, 15) is 4.79 Å². The molecule has 3 heterocycles. The predicted octanol–water partition coefficient (Wildman–Crippen LogP) is 2.58. The van der Waals surface area contributed by atoms with Gasteiger partial charge in [0, 0.05) is 24.9 Å². The van der Waals surface area contributed by atoms with Crippen molar-refractivity contribution in [3.63, 3.8) is 0 Å². The summed E-state index contributed by atoms with van der Waals surface area (Å²) >= 11 is 0. The van der Waals surface area contributed by atoms with Crippen molar-refractivity contribution in [2.45, 2.75) is 39.3 Å². The molecule has 1 N–H and O–H groups in total. The summed E-state index contributed by atoms with van der Waals surface area (Å²) in [6, 6.07) is 3.53. The molecular formula is C17H23N3O3. The summed E-state index contributed by atoms with van der Waals surface area (Å²) in [6.45, 7) is 6.48. The fraction of sp³-hybridized carbons (Fsp3) is 0.529. The predicted molar refractivity (Wildman–Crippen MR) is 84.7 cm³/mol. The highest BCUT2D eigenvalue weighted by molar-refractivity contribution is 5.80. The van der Waals surface area contributed by atoms with E-state index in [4.69, 9.17) is 9.15 Å². The monoisotopic (exact) mass is 317 g/mol. The molecule has 0 bridgehead atoms. The number of aryl methyl sites for hydroxylation is 2. The number of carbonyl (C=O) groups is 1. The lowest BCUT2D eigenvalue weighted by atomic mass is 9.93. The summed E-state index contributed by atoms with van der Waals surface area (Å²) in [5.74, 6) is 0.551. The fourth-order valence-corrected chi connectivity index (χ4v) is 3.27. The second kappa shape index (κ2) is 6.20. The van der Waals surface area contributed by atoms with Crippen LogP contribution in [0.25, 0.3) is 0 Å². The maximum Gasteiger partial charge on any atom is 0.226 e. The first kappa shape index (κ1) is 15.8. The molecule has 3 atom stereocenters. The largest absolute Gasteiger partial charge is 0.467 e. The molecule has 23 heavy (non-hydrogen) atoms. The Hall–Kier alpha value is -2.08. The number of furan rings is 1. The highest BCUT2D eigenvalue weighted by atomic mass is 16.5. The van der Waals surface area contributed by atoms with Crippen LogP contribution in [0.2, 0.25) is 0 Å². The van der Waals surface area contributed by atoms with Crippen molar-refractivity contribution in [2.75, 3.05) is 6.61 Å². The van der Waals surface area contributed by atoms with Crippen molar-refractivity contribution in [1.29, 1.82) is 0 Å². The van der Waals surface area contributed by atoms with E-state index < -0.39 is 0 Å². The van der Waals surface area contributed by atoms with Gasteiger partial charge < -0.3 is 14.5 Å². The Bertz CT molecular complexity index is 690. The van der Waals surface area contributed by atoms with Crippen molar-refractivity contribution < 1.29 is 13.9 Å². The summed E-state index contributed by atoms with van der Waals surface area (Å²) < 4.78 is 13.1. The number of ether oxygens (including phenoxy) is 1. The third kappa shape index (κ3) is 2.91. The normalized spacial score (nSPS) is 22.3. The van der Waals surface area contributed by atoms with Crippen LogP contribution < -0.4 is 5.32 Å². The zero-order valence-electron chi connectivity index (χ0n) is 14.0. The molecule has 0 radical (unpaired) electrons. The zero-order valence-corrected chi connectivity index (χ0v) is 14.0. The van der Waals surface area contributed by atoms with E-state index in [0.29, 0.717) is 6.61 Å². The number of hydrogen-bond acceptors (Lipinski definition) is 4. The van der Waals surface area contributed by atoms with Gasteiger partial charge in [-0.05, 0) is 39.3 Å². The molecule has 1 aliphatic heterocycles. The molecule has 1 amide bonds. The molecule has 1 unspecified atom stereocenters. The molecule has 2 aromatic rings. The van der Waals surface area contributed by atoms with Gasteiger partial charge in [0.05, 0.1) is 30.0 Å². The first-order valence-electron chi connectivity index (χ1n) is 7.94. The highest BCUT2D eigenvalue weighted by Crippen LogP contribution is 2.38. The standard InChI is InChI=1S/C17H23N3O3/c1-10(14-6-5-8-22-14)18-17(21)13-7-9-23-16(13)15-11(2)19-20(4)12(15)3/h5-6,8,10,13,16H,7,9H2,1-4H3,(H,18,21)/t10?,13-,16-/m0/s1. The Kier molecular flexibility index (Phi) is 4.26. The van der Waals surface area contributed by atoms with E-state index >= 15 is 0 Å². The van der Waals surface area contributed by atoms with Crippen molar-refractivity contribution in [1.82, 2.24) is 15.1 Å². The van der Waals surface area contributed by atoms with Crippen LogP contribution >= 0.6 is 0 Å². The van der Waals surface area contributed by atoms with Crippen LogP contribution in [0.15, 0.2) is 22.8 Å². The fourth-order valence-electron chi connectivity index (χ4n) is 3.27. The molecule has 1 fully saturated rings. The minimum atomic E-state index is -0.229. The Morgan fingerprint density at radius 1 is 1.48 bits per heavy atom. The van der Waals surface area contributed by atoms with Gasteiger partial charge in [-0.25, -0.2) is 0 Å². The SMILES string of the molecule is Cc1nn(C)c(C)c1[C@H]1OCC[C@@H]1C(=O)NC(C)c1ccco1. The smallest absolute Gasteiger partial charge is 0.226 e. The van der Waals surface area contributed by atoms with E-state index in [1.165, 1.54) is 0 Å². The summed E-state index contributed by atoms with van der Waals surface area (Å²) in [6.07, 6.45) is 2.10. The molecule has 1 saturated heterocycles. The van der Waals surface area contributed by atoms with Gasteiger partial charge in [0.15, 0.2) is 0 Å². The van der Waals surface area contributed by atoms with Crippen LogP contribution in [0.1, 0.15) is 48.2 Å². The van der Waals surface area contributed by atoms with Gasteiger partial charge in [-0.1, -0.05) is 0 Å². The molecule has 6 heteroatoms. The molecule has 1 aliphatic rings. The summed E-state index contributed by atoms with van der Waals surface area (Å²) in [5, 5.41) is 7.47. The summed E-state index contributed by atoms with van der Waals surface area (Å²) in [5.41, 5.74) is 3.01. The maximum absolute atomic E-state index is 12.7. The Balaban J connectivity index is 1.77. The second-order valence-electron chi connectivity index (χ2n) is 6.14. The Labute approximate surface area is 135 Å². The number of amides is 1. The zero-order chi connectivity index (χ0) is 16.6. The quantitative estimate of drug-likeness (QED) is 0.941. The minimum absolute atomic E-state index is 0.000877. The van der Waals surface area contributed by atoms with Crippen LogP contribution in [-0.2, 0) is 16.6 Å². The van der Waals surface area contributed by atoms with E-state index in [1.807, 2.05) is 44.6 Å². The third-order valence-corrected chi connectivity index (χ3v) is 4.61. The summed E-state index contributed by atoms with van der Waals surface area (Å²) in [7, 11) is 1.91. The van der Waals surface area contributed by atoms with Crippen molar-refractivity contribution in [3.8, 4) is 0 Å². The van der Waals surface area contributed by atoms with Crippen LogP contribution in [-0.4, -0.2) is 22.3 Å². The first-order chi connectivity index (χ1) is 11.0. The van der Waals surface area contributed by atoms with Gasteiger partial charge in [-0.2, -0.15) is 5.10 Å². The number of nitrogens with zero attached hydrogens (tertiary/aromatic N) is 2. The van der Waals surface area contributed by atoms with Gasteiger partial charge in [-0.15, -0.1) is 0 Å². The molecule has 0 aromatic carbocycles. The minimum Gasteiger partial charge on any atom is -0.467 e. The average molecular weight is 317 g/mol. The maximum atomic E-state index is 12.7. The number of rotatable bonds is 4. The van der Waals surface area contributed by atoms with E-state index in [-0.39, 0.29) is 24.0 Å². The van der Waals surface area contributed by atoms with Crippen molar-refractivity contribution in [3.05, 3.63) is 41.1 Å². The molecule has 0 aliphatic carbocycles. The number of nitrogens with one attached hydrogen (secondary N) is 1. The van der Waals surface area contributed by atoms with Crippen molar-refractivity contribution in [2.24, 2.45) is 13.0 Å². The van der Waals surface area contributed by atoms with Gasteiger partial charge in [0.2, 0.25) is 5.91 Å². The van der Waals surface area contributed by atoms with Gasteiger partial charge in [0.1, 0.15) is 5.76 Å². The lowest BCUT2D eigenvalue weighted by Crippen LogP contribution is -2.34. The average Bonchev–Trinajstić information content (AvgIpc) is 3.21. The molecule has 0 spiro atoms. The Morgan fingerprint density at radius 3 is 2.87 bits per heavy atom. The molecular weight excluding hydrogens is 294 g/mol. The molecule has 124 valence electrons. The van der Waals surface area contributed by atoms with Gasteiger partial charge >= 0.3 is 0 Å². The number of carbonyl (C=O) groups excluding carboxylic acids is 1. The van der Waals surface area contributed by atoms with E-state index in [0.717, 1.165) is 29.1 Å². The topological polar surface area (TPSA) is 69.3 Å². The highest BCUT2D eigenvalue weighted by Gasteiger charge is 2.38. The van der Waals surface area contributed by atoms with Crippen LogP contribution in [0.5, 0.6) is 0 Å². The number of aromatic nitrogens is 2. The van der Waals surface area contributed by atoms with Crippen LogP contribution in [0.3, 0.4) is 0 Å². The third-order valence-electron chi connectivity index (χ3n) is 4.61. The lowest BCUT2D eigenvalue weighted by molar-refractivity contribution is -0.127. The van der Waals surface area contributed by atoms with Crippen LogP contribution in [0, 0.1) is 19.8 Å². The second-order valence-corrected chi connectivity index (χ2v) is 6.14. The van der Waals surface area contributed by atoms with E-state index in [1.54, 1.807) is 6.26 Å². The van der Waals surface area contributed by atoms with Gasteiger partial charge in [-0.3, -0.25) is 9.48 Å². The summed E-state index contributed by atoms with van der Waals surface area (Å²) in [4.78, 5) is 12.7. The van der Waals surface area contributed by atoms with E-state index in [2.05, 4.69) is 10.4 Å². The first-order valence-corrected chi connectivity index (χ1v) is 7.94.